The zero-order valence-electron chi connectivity index (χ0n) is 19.2. The van der Waals surface area contributed by atoms with Gasteiger partial charge in [0.15, 0.2) is 11.5 Å². The molecule has 2 heterocycles. The summed E-state index contributed by atoms with van der Waals surface area (Å²) in [6.07, 6.45) is 5.56. The smallest absolute Gasteiger partial charge is 0.189 e. The van der Waals surface area contributed by atoms with E-state index >= 15 is 0 Å². The Balaban J connectivity index is 1.49. The van der Waals surface area contributed by atoms with Crippen molar-refractivity contribution < 1.29 is 9.21 Å². The average Bonchev–Trinajstić information content (AvgIpc) is 3.46. The number of rotatable bonds is 3. The summed E-state index contributed by atoms with van der Waals surface area (Å²) in [5.74, 6) is 0.800. The maximum atomic E-state index is 13.5. The van der Waals surface area contributed by atoms with Gasteiger partial charge in [-0.25, -0.2) is 4.68 Å². The summed E-state index contributed by atoms with van der Waals surface area (Å²) >= 11 is 0. The van der Waals surface area contributed by atoms with E-state index in [2.05, 4.69) is 13.0 Å². The first-order valence-corrected chi connectivity index (χ1v) is 11.6. The van der Waals surface area contributed by atoms with Gasteiger partial charge in [-0.2, -0.15) is 5.10 Å². The minimum absolute atomic E-state index is 0.107. The summed E-state index contributed by atoms with van der Waals surface area (Å²) in [5, 5.41) is 5.90. The fourth-order valence-corrected chi connectivity index (χ4v) is 4.90. The zero-order chi connectivity index (χ0) is 23.2. The van der Waals surface area contributed by atoms with Crippen LogP contribution < -0.4 is 0 Å². The van der Waals surface area contributed by atoms with Crippen molar-refractivity contribution in [3.8, 4) is 17.1 Å². The van der Waals surface area contributed by atoms with Gasteiger partial charge in [0.05, 0.1) is 5.69 Å². The van der Waals surface area contributed by atoms with Crippen LogP contribution in [0.25, 0.3) is 34.2 Å². The van der Waals surface area contributed by atoms with Crippen LogP contribution in [0.2, 0.25) is 0 Å². The lowest BCUT2D eigenvalue weighted by atomic mass is 9.83. The van der Waals surface area contributed by atoms with Gasteiger partial charge in [-0.05, 0) is 74.2 Å². The van der Waals surface area contributed by atoms with Crippen LogP contribution in [-0.4, -0.2) is 15.6 Å². The summed E-state index contributed by atoms with van der Waals surface area (Å²) in [5.41, 5.74) is 8.50. The van der Waals surface area contributed by atoms with E-state index in [4.69, 9.17) is 9.52 Å². The third-order valence-electron chi connectivity index (χ3n) is 6.55. The Morgan fingerprint density at radius 3 is 2.56 bits per heavy atom. The lowest BCUT2D eigenvalue weighted by Gasteiger charge is -2.20. The van der Waals surface area contributed by atoms with Gasteiger partial charge in [0.2, 0.25) is 0 Å². The van der Waals surface area contributed by atoms with E-state index in [1.54, 1.807) is 0 Å². The highest BCUT2D eigenvalue weighted by atomic mass is 16.3. The number of fused-ring (bicyclic) bond motifs is 2. The van der Waals surface area contributed by atoms with E-state index in [1.165, 1.54) is 11.1 Å². The highest BCUT2D eigenvalue weighted by Gasteiger charge is 2.25. The molecule has 1 aliphatic carbocycles. The highest BCUT2D eigenvalue weighted by molar-refractivity contribution is 6.13. The third-order valence-corrected chi connectivity index (χ3v) is 6.55. The summed E-state index contributed by atoms with van der Waals surface area (Å²) < 4.78 is 8.01. The first-order valence-electron chi connectivity index (χ1n) is 11.6. The molecule has 0 amide bonds. The van der Waals surface area contributed by atoms with Gasteiger partial charge in [-0.15, -0.1) is 0 Å². The van der Waals surface area contributed by atoms with E-state index in [-0.39, 0.29) is 5.78 Å². The number of para-hydroxylation sites is 2. The number of ketones is 1. The molecule has 1 aliphatic rings. The van der Waals surface area contributed by atoms with Crippen LogP contribution in [0, 0.1) is 13.8 Å². The molecule has 0 radical (unpaired) electrons. The number of allylic oxidation sites excluding steroid dienone is 1. The number of nitrogens with zero attached hydrogens (tertiary/aromatic N) is 2. The molecule has 34 heavy (non-hydrogen) atoms. The summed E-state index contributed by atoms with van der Waals surface area (Å²) in [7, 11) is 0. The zero-order valence-corrected chi connectivity index (χ0v) is 19.2. The molecule has 166 valence electrons. The number of benzene rings is 3. The molecule has 0 atom stereocenters. The first-order chi connectivity index (χ1) is 16.6. The van der Waals surface area contributed by atoms with Crippen LogP contribution in [0.15, 0.2) is 89.0 Å². The van der Waals surface area contributed by atoms with Gasteiger partial charge < -0.3 is 4.42 Å². The van der Waals surface area contributed by atoms with Crippen LogP contribution in [0.3, 0.4) is 0 Å². The third kappa shape index (κ3) is 3.48. The number of carbonyl (C=O) groups is 1. The fraction of sp³-hybridized carbons (Fsp3) is 0.133. The molecular formula is C30H24N2O2. The molecule has 0 unspecified atom stereocenters. The molecule has 0 saturated heterocycles. The maximum Gasteiger partial charge on any atom is 0.189 e. The van der Waals surface area contributed by atoms with Gasteiger partial charge in [-0.3, -0.25) is 4.79 Å². The van der Waals surface area contributed by atoms with Crippen molar-refractivity contribution in [2.24, 2.45) is 0 Å². The van der Waals surface area contributed by atoms with E-state index in [9.17, 15) is 4.79 Å². The van der Waals surface area contributed by atoms with Crippen LogP contribution in [-0.2, 0) is 6.42 Å². The predicted molar refractivity (Wildman–Crippen MR) is 135 cm³/mol. The van der Waals surface area contributed by atoms with Crippen molar-refractivity contribution in [2.45, 2.75) is 26.7 Å². The number of aromatic nitrogens is 2. The van der Waals surface area contributed by atoms with Gasteiger partial charge in [-0.1, -0.05) is 48.0 Å². The van der Waals surface area contributed by atoms with E-state index < -0.39 is 0 Å². The Morgan fingerprint density at radius 2 is 1.74 bits per heavy atom. The van der Waals surface area contributed by atoms with Crippen molar-refractivity contribution in [3.63, 3.8) is 0 Å². The van der Waals surface area contributed by atoms with Crippen molar-refractivity contribution in [1.29, 1.82) is 0 Å². The van der Waals surface area contributed by atoms with E-state index in [0.717, 1.165) is 51.0 Å². The average molecular weight is 445 g/mol. The molecule has 0 aliphatic heterocycles. The molecule has 0 saturated carbocycles. The summed E-state index contributed by atoms with van der Waals surface area (Å²) in [4.78, 5) is 13.5. The van der Waals surface area contributed by atoms with E-state index in [1.807, 2.05) is 90.6 Å². The number of furan rings is 1. The van der Waals surface area contributed by atoms with E-state index in [0.29, 0.717) is 12.2 Å². The Bertz CT molecular complexity index is 1550. The lowest BCUT2D eigenvalue weighted by molar-refractivity contribution is 0.102. The van der Waals surface area contributed by atoms with Crippen LogP contribution in [0.1, 0.15) is 39.0 Å². The minimum Gasteiger partial charge on any atom is -0.454 e. The Hall–Kier alpha value is -4.18. The van der Waals surface area contributed by atoms with Gasteiger partial charge >= 0.3 is 0 Å². The second kappa shape index (κ2) is 7.99. The largest absolute Gasteiger partial charge is 0.454 e. The second-order valence-corrected chi connectivity index (χ2v) is 8.97. The highest BCUT2D eigenvalue weighted by Crippen LogP contribution is 2.34. The molecule has 3 aromatic carbocycles. The maximum absolute atomic E-state index is 13.5. The normalized spacial score (nSPS) is 14.6. The van der Waals surface area contributed by atoms with Crippen LogP contribution in [0.5, 0.6) is 0 Å². The summed E-state index contributed by atoms with van der Waals surface area (Å²) in [6, 6.07) is 24.1. The number of aryl methyl sites for hydroxylation is 2. The molecule has 4 nitrogen and oxygen atoms in total. The van der Waals surface area contributed by atoms with Crippen molar-refractivity contribution in [2.75, 3.05) is 0 Å². The topological polar surface area (TPSA) is 48.0 Å². The monoisotopic (exact) mass is 444 g/mol. The molecule has 0 spiro atoms. The predicted octanol–water partition coefficient (Wildman–Crippen LogP) is 7.11. The number of carbonyl (C=O) groups excluding carboxylic acids is 1. The number of hydrogen-bond donors (Lipinski definition) is 0. The van der Waals surface area contributed by atoms with Crippen molar-refractivity contribution in [3.05, 3.63) is 112 Å². The van der Waals surface area contributed by atoms with Crippen molar-refractivity contribution >= 4 is 22.8 Å². The Morgan fingerprint density at radius 1 is 0.941 bits per heavy atom. The molecule has 2 aromatic heterocycles. The summed E-state index contributed by atoms with van der Waals surface area (Å²) in [6.45, 7) is 4.14. The van der Waals surface area contributed by atoms with Gasteiger partial charge in [0.25, 0.3) is 0 Å². The number of hydrogen-bond acceptors (Lipinski definition) is 3. The molecule has 4 heteroatoms. The molecule has 0 bridgehead atoms. The molecular weight excluding hydrogens is 420 g/mol. The molecule has 6 rings (SSSR count). The standard InChI is InChI=1S/C30H24N2O2/c1-19-14-20(2)25-13-12-22(30(33)26(25)15-19)16-23-18-32(24-9-4-3-5-10-24)31-29(23)28-17-21-8-6-7-11-27(21)34-28/h3-11,14-18H,12-13H2,1-2H3/b22-16-. The van der Waals surface area contributed by atoms with Crippen molar-refractivity contribution in [1.82, 2.24) is 9.78 Å². The Kier molecular flexibility index (Phi) is 4.80. The molecule has 5 aromatic rings. The lowest BCUT2D eigenvalue weighted by Crippen LogP contribution is -2.15. The van der Waals surface area contributed by atoms with Crippen LogP contribution in [0.4, 0.5) is 0 Å². The SMILES string of the molecule is Cc1cc(C)c2c(c1)C(=O)/C(=C\c1cn(-c3ccccc3)nc1-c1cc3ccccc3o1)CC2. The molecule has 0 N–H and O–H groups in total. The van der Waals surface area contributed by atoms with Crippen LogP contribution >= 0.6 is 0 Å². The second-order valence-electron chi connectivity index (χ2n) is 8.97. The fourth-order valence-electron chi connectivity index (χ4n) is 4.90. The minimum atomic E-state index is 0.107. The quantitative estimate of drug-likeness (QED) is 0.279. The Labute approximate surface area is 198 Å². The van der Waals surface area contributed by atoms with Gasteiger partial charge in [0, 0.05) is 28.3 Å². The van der Waals surface area contributed by atoms with Gasteiger partial charge in [0.1, 0.15) is 11.3 Å². The molecule has 0 fully saturated rings. The first kappa shape index (κ1) is 20.4. The number of Topliss-reactive ketones (excluding diaryl/α,β-unsaturated/α-hetero) is 1.